The van der Waals surface area contributed by atoms with Crippen LogP contribution < -0.4 is 20.7 Å². The second-order valence-corrected chi connectivity index (χ2v) is 8.90. The number of rotatable bonds is 6. The maximum absolute atomic E-state index is 13.7. The molecule has 6 rings (SSSR count). The summed E-state index contributed by atoms with van der Waals surface area (Å²) in [5.74, 6) is 2.43. The molecule has 0 aliphatic rings. The van der Waals surface area contributed by atoms with Gasteiger partial charge in [-0.25, -0.2) is 14.4 Å². The number of anilines is 3. The van der Waals surface area contributed by atoms with Gasteiger partial charge in [0.15, 0.2) is 11.6 Å². The zero-order chi connectivity index (χ0) is 28.9. The maximum atomic E-state index is 13.7. The lowest BCUT2D eigenvalue weighted by Gasteiger charge is -2.02. The molecule has 0 bridgehead atoms. The second kappa shape index (κ2) is 11.7. The van der Waals surface area contributed by atoms with E-state index in [2.05, 4.69) is 35.9 Å². The largest absolute Gasteiger partial charge is 0.494 e. The van der Waals surface area contributed by atoms with E-state index in [0.717, 1.165) is 28.6 Å². The van der Waals surface area contributed by atoms with Gasteiger partial charge in [0.1, 0.15) is 11.6 Å². The Kier molecular flexibility index (Phi) is 7.72. The first-order chi connectivity index (χ1) is 19.9. The normalized spacial score (nSPS) is 10.7. The zero-order valence-electron chi connectivity index (χ0n) is 22.9. The molecule has 0 unspecified atom stereocenters. The van der Waals surface area contributed by atoms with Crippen LogP contribution in [0.25, 0.3) is 34.1 Å². The number of methoxy groups -OCH3 is 1. The molecule has 208 valence electrons. The predicted molar refractivity (Wildman–Crippen MR) is 157 cm³/mol. The fourth-order valence-corrected chi connectivity index (χ4v) is 4.05. The monoisotopic (exact) mass is 553 g/mol. The lowest BCUT2D eigenvalue weighted by molar-refractivity contribution is -0.114. The van der Waals surface area contributed by atoms with Crippen molar-refractivity contribution >= 4 is 34.8 Å². The van der Waals surface area contributed by atoms with Gasteiger partial charge in [-0.2, -0.15) is 9.97 Å². The highest BCUT2D eigenvalue weighted by Crippen LogP contribution is 2.25. The first-order valence-corrected chi connectivity index (χ1v) is 12.7. The van der Waals surface area contributed by atoms with Crippen molar-refractivity contribution < 1.29 is 13.9 Å². The number of nitrogens with zero attached hydrogens (tertiary/aromatic N) is 6. The molecule has 0 aliphatic carbocycles. The summed E-state index contributed by atoms with van der Waals surface area (Å²) in [6.07, 6.45) is 7.50. The van der Waals surface area contributed by atoms with Crippen LogP contribution in [0.3, 0.4) is 0 Å². The molecule has 4 heterocycles. The first-order valence-electron chi connectivity index (χ1n) is 12.7. The summed E-state index contributed by atoms with van der Waals surface area (Å²) in [6, 6.07) is 16.0. The van der Waals surface area contributed by atoms with Gasteiger partial charge in [0.25, 0.3) is 0 Å². The Labute approximate surface area is 235 Å². The average molecular weight is 554 g/mol. The van der Waals surface area contributed by atoms with E-state index in [-0.39, 0.29) is 11.7 Å². The number of halogens is 1. The molecule has 4 aromatic heterocycles. The van der Waals surface area contributed by atoms with Gasteiger partial charge in [0, 0.05) is 62.6 Å². The number of ether oxygens (including phenoxy) is 1. The Balaban J connectivity index is 0.000000165. The van der Waals surface area contributed by atoms with Gasteiger partial charge in [0.05, 0.1) is 18.5 Å². The van der Waals surface area contributed by atoms with Crippen molar-refractivity contribution in [1.29, 1.82) is 0 Å². The summed E-state index contributed by atoms with van der Waals surface area (Å²) in [6.45, 7) is 1.49. The number of hydrogen-bond donors (Lipinski definition) is 3. The lowest BCUT2D eigenvalue weighted by atomic mass is 10.1. The molecular formula is C29H28FN9O2. The molecular weight excluding hydrogens is 525 g/mol. The molecule has 3 N–H and O–H groups in total. The van der Waals surface area contributed by atoms with Gasteiger partial charge in [0.2, 0.25) is 17.5 Å². The predicted octanol–water partition coefficient (Wildman–Crippen LogP) is 4.98. The summed E-state index contributed by atoms with van der Waals surface area (Å²) < 4.78 is 22.3. The number of carbonyl (C=O) groups excluding carboxylic acids is 1. The van der Waals surface area contributed by atoms with Crippen LogP contribution in [0.5, 0.6) is 5.75 Å². The first kappa shape index (κ1) is 27.1. The van der Waals surface area contributed by atoms with Gasteiger partial charge in [-0.05, 0) is 42.5 Å². The van der Waals surface area contributed by atoms with Crippen molar-refractivity contribution in [2.45, 2.75) is 6.92 Å². The number of benzene rings is 2. The van der Waals surface area contributed by atoms with E-state index < -0.39 is 5.82 Å². The van der Waals surface area contributed by atoms with Gasteiger partial charge >= 0.3 is 0 Å². The number of nitrogens with one attached hydrogen (secondary N) is 3. The van der Waals surface area contributed by atoms with Crippen molar-refractivity contribution in [3.8, 4) is 28.3 Å². The minimum atomic E-state index is -0.411. The highest BCUT2D eigenvalue weighted by atomic mass is 19.1. The molecule has 2 aromatic carbocycles. The van der Waals surface area contributed by atoms with Crippen LogP contribution in [0, 0.1) is 5.82 Å². The fraction of sp³-hybridized carbons (Fsp3) is 0.138. The molecule has 11 nitrogen and oxygen atoms in total. The van der Waals surface area contributed by atoms with Crippen molar-refractivity contribution in [1.82, 2.24) is 28.7 Å². The summed E-state index contributed by atoms with van der Waals surface area (Å²) in [4.78, 5) is 28.6. The van der Waals surface area contributed by atoms with Crippen molar-refractivity contribution in [2.24, 2.45) is 0 Å². The van der Waals surface area contributed by atoms with Crippen LogP contribution in [-0.4, -0.2) is 55.8 Å². The number of fused-ring (bicyclic) bond motifs is 2. The molecule has 0 fully saturated rings. The van der Waals surface area contributed by atoms with E-state index >= 15 is 0 Å². The van der Waals surface area contributed by atoms with E-state index in [0.29, 0.717) is 22.8 Å². The third kappa shape index (κ3) is 6.06. The Hall–Kier alpha value is -5.52. The standard InChI is InChI=1S/C15H15N5O.C14H13FN4O/c1-10(21)17-12-5-3-11(4-6-12)13-9-20-8-7-14(16-2)19-15(20)18-13;1-16-13-5-6-19-8-11(17-14(19)18-13)9-3-4-12(20-2)10(15)7-9/h3-9H,1-2H3,(H,17,21)(H,16,18,19);3-8H,1-2H3,(H,16,17,18). The van der Waals surface area contributed by atoms with Crippen LogP contribution in [0.2, 0.25) is 0 Å². The van der Waals surface area contributed by atoms with Gasteiger partial charge in [-0.15, -0.1) is 0 Å². The number of amides is 1. The zero-order valence-corrected chi connectivity index (χ0v) is 22.9. The number of hydrogen-bond acceptors (Lipinski definition) is 8. The van der Waals surface area contributed by atoms with Crippen molar-refractivity contribution in [2.75, 3.05) is 37.2 Å². The smallest absolute Gasteiger partial charge is 0.236 e. The van der Waals surface area contributed by atoms with E-state index in [4.69, 9.17) is 4.74 Å². The minimum Gasteiger partial charge on any atom is -0.494 e. The number of aromatic nitrogens is 6. The SMILES string of the molecule is CNc1ccn2cc(-c3ccc(NC(C)=O)cc3)nc2n1.CNc1ccn2cc(-c3ccc(OC)c(F)c3)nc2n1. The molecule has 0 spiro atoms. The Morgan fingerprint density at radius 1 is 0.780 bits per heavy atom. The molecule has 0 atom stereocenters. The van der Waals surface area contributed by atoms with Crippen molar-refractivity contribution in [3.05, 3.63) is 85.2 Å². The molecule has 1 amide bonds. The Morgan fingerprint density at radius 2 is 1.32 bits per heavy atom. The maximum Gasteiger partial charge on any atom is 0.236 e. The molecule has 6 aromatic rings. The van der Waals surface area contributed by atoms with Crippen LogP contribution in [0.15, 0.2) is 79.4 Å². The minimum absolute atomic E-state index is 0.0840. The van der Waals surface area contributed by atoms with E-state index in [1.54, 1.807) is 23.6 Å². The summed E-state index contributed by atoms with van der Waals surface area (Å²) in [5.41, 5.74) is 3.92. The summed E-state index contributed by atoms with van der Waals surface area (Å²) in [5, 5.41) is 8.68. The average Bonchev–Trinajstić information content (AvgIpc) is 3.61. The fourth-order valence-electron chi connectivity index (χ4n) is 4.05. The third-order valence-corrected chi connectivity index (χ3v) is 6.11. The highest BCUT2D eigenvalue weighted by Gasteiger charge is 2.10. The van der Waals surface area contributed by atoms with Gasteiger partial charge in [-0.3, -0.25) is 13.6 Å². The van der Waals surface area contributed by atoms with E-state index in [1.807, 2.05) is 72.6 Å². The van der Waals surface area contributed by atoms with Gasteiger partial charge in [-0.1, -0.05) is 12.1 Å². The Bertz CT molecular complexity index is 1830. The quantitative estimate of drug-likeness (QED) is 0.264. The molecule has 0 saturated heterocycles. The van der Waals surface area contributed by atoms with Crippen LogP contribution >= 0.6 is 0 Å². The summed E-state index contributed by atoms with van der Waals surface area (Å²) >= 11 is 0. The Morgan fingerprint density at radius 3 is 1.80 bits per heavy atom. The molecule has 41 heavy (non-hydrogen) atoms. The topological polar surface area (TPSA) is 123 Å². The number of imidazole rings is 2. The van der Waals surface area contributed by atoms with Crippen LogP contribution in [0.1, 0.15) is 6.92 Å². The van der Waals surface area contributed by atoms with E-state index in [1.165, 1.54) is 20.1 Å². The highest BCUT2D eigenvalue weighted by molar-refractivity contribution is 5.88. The van der Waals surface area contributed by atoms with Crippen LogP contribution in [0.4, 0.5) is 21.7 Å². The van der Waals surface area contributed by atoms with E-state index in [9.17, 15) is 9.18 Å². The second-order valence-electron chi connectivity index (χ2n) is 8.90. The molecule has 0 radical (unpaired) electrons. The molecule has 0 aliphatic heterocycles. The lowest BCUT2D eigenvalue weighted by Crippen LogP contribution is -2.05. The van der Waals surface area contributed by atoms with Gasteiger partial charge < -0.3 is 20.7 Å². The molecule has 12 heteroatoms. The van der Waals surface area contributed by atoms with Crippen LogP contribution in [-0.2, 0) is 4.79 Å². The third-order valence-electron chi connectivity index (χ3n) is 6.11. The molecule has 0 saturated carbocycles. The number of carbonyl (C=O) groups is 1. The van der Waals surface area contributed by atoms with Crippen molar-refractivity contribution in [3.63, 3.8) is 0 Å². The summed E-state index contributed by atoms with van der Waals surface area (Å²) in [7, 11) is 5.05.